The molecule has 0 radical (unpaired) electrons. The molecule has 0 N–H and O–H groups in total. The first-order valence-electron chi connectivity index (χ1n) is 9.15. The number of hydrogen-bond donors (Lipinski definition) is 0. The number of fused-ring (bicyclic) bond motifs is 1. The first kappa shape index (κ1) is 17.3. The molecule has 0 aliphatic heterocycles. The van der Waals surface area contributed by atoms with Crippen molar-refractivity contribution in [3.05, 3.63) is 90.2 Å². The molecule has 4 aromatic carbocycles. The van der Waals surface area contributed by atoms with E-state index in [4.69, 9.17) is 4.74 Å². The van der Waals surface area contributed by atoms with Crippen molar-refractivity contribution >= 4 is 10.8 Å². The third-order valence-electron chi connectivity index (χ3n) is 5.02. The third-order valence-corrected chi connectivity index (χ3v) is 5.02. The summed E-state index contributed by atoms with van der Waals surface area (Å²) in [4.78, 5) is 0. The fraction of sp³-hybridized carbons (Fsp3) is 0.120. The highest BCUT2D eigenvalue weighted by molar-refractivity contribution is 5.88. The van der Waals surface area contributed by atoms with E-state index in [0.29, 0.717) is 5.56 Å². The number of methoxy groups -OCH3 is 1. The van der Waals surface area contributed by atoms with E-state index in [2.05, 4.69) is 43.3 Å². The first-order chi connectivity index (χ1) is 13.2. The molecular weight excluding hydrogens is 335 g/mol. The van der Waals surface area contributed by atoms with Crippen LogP contribution in [0.4, 0.5) is 4.39 Å². The van der Waals surface area contributed by atoms with Gasteiger partial charge in [0.1, 0.15) is 11.6 Å². The van der Waals surface area contributed by atoms with Gasteiger partial charge < -0.3 is 4.74 Å². The van der Waals surface area contributed by atoms with E-state index in [1.54, 1.807) is 13.2 Å². The summed E-state index contributed by atoms with van der Waals surface area (Å²) in [6, 6.07) is 25.7. The van der Waals surface area contributed by atoms with Gasteiger partial charge in [-0.3, -0.25) is 0 Å². The summed E-state index contributed by atoms with van der Waals surface area (Å²) >= 11 is 0. The molecular formula is C25H21FO. The Morgan fingerprint density at radius 2 is 1.33 bits per heavy atom. The van der Waals surface area contributed by atoms with Crippen LogP contribution in [0.2, 0.25) is 0 Å². The molecule has 0 atom stereocenters. The second-order valence-electron chi connectivity index (χ2n) is 6.67. The molecule has 2 heteroatoms. The van der Waals surface area contributed by atoms with Gasteiger partial charge in [-0.25, -0.2) is 4.39 Å². The lowest BCUT2D eigenvalue weighted by atomic mass is 9.97. The predicted molar refractivity (Wildman–Crippen MR) is 111 cm³/mol. The average Bonchev–Trinajstić information content (AvgIpc) is 2.73. The number of aryl methyl sites for hydroxylation is 1. The van der Waals surface area contributed by atoms with E-state index in [0.717, 1.165) is 28.9 Å². The molecule has 134 valence electrons. The van der Waals surface area contributed by atoms with Crippen LogP contribution >= 0.6 is 0 Å². The second-order valence-corrected chi connectivity index (χ2v) is 6.67. The summed E-state index contributed by atoms with van der Waals surface area (Å²) in [5.41, 5.74) is 4.66. The van der Waals surface area contributed by atoms with Crippen LogP contribution in [-0.4, -0.2) is 7.11 Å². The molecule has 0 aliphatic rings. The van der Waals surface area contributed by atoms with Crippen LogP contribution in [0.1, 0.15) is 12.5 Å². The van der Waals surface area contributed by atoms with Crippen LogP contribution in [0.3, 0.4) is 0 Å². The van der Waals surface area contributed by atoms with Gasteiger partial charge in [-0.1, -0.05) is 61.5 Å². The standard InChI is InChI=1S/C25H21FO/c1-3-17-4-5-20-15-21(7-6-19(20)14-17)22-10-13-24(25(26)16-22)18-8-11-23(27-2)12-9-18/h4-16H,3H2,1-2H3. The zero-order valence-electron chi connectivity index (χ0n) is 15.5. The number of benzene rings is 4. The minimum atomic E-state index is -0.223. The van der Waals surface area contributed by atoms with Gasteiger partial charge in [0.05, 0.1) is 7.11 Å². The van der Waals surface area contributed by atoms with Crippen LogP contribution in [-0.2, 0) is 6.42 Å². The molecule has 0 bridgehead atoms. The highest BCUT2D eigenvalue weighted by Gasteiger charge is 2.08. The average molecular weight is 356 g/mol. The summed E-state index contributed by atoms with van der Waals surface area (Å²) in [6.45, 7) is 2.16. The van der Waals surface area contributed by atoms with Gasteiger partial charge in [-0.15, -0.1) is 0 Å². The smallest absolute Gasteiger partial charge is 0.131 e. The van der Waals surface area contributed by atoms with Gasteiger partial charge in [0.25, 0.3) is 0 Å². The Hall–Kier alpha value is -3.13. The third kappa shape index (κ3) is 3.43. The van der Waals surface area contributed by atoms with Crippen molar-refractivity contribution in [2.24, 2.45) is 0 Å². The van der Waals surface area contributed by atoms with Gasteiger partial charge >= 0.3 is 0 Å². The van der Waals surface area contributed by atoms with Gasteiger partial charge in [0.15, 0.2) is 0 Å². The van der Waals surface area contributed by atoms with Crippen molar-refractivity contribution < 1.29 is 9.13 Å². The van der Waals surface area contributed by atoms with Crippen molar-refractivity contribution in [2.45, 2.75) is 13.3 Å². The summed E-state index contributed by atoms with van der Waals surface area (Å²) < 4.78 is 20.0. The Morgan fingerprint density at radius 1 is 0.704 bits per heavy atom. The van der Waals surface area contributed by atoms with E-state index in [9.17, 15) is 4.39 Å². The zero-order valence-corrected chi connectivity index (χ0v) is 15.5. The molecule has 4 rings (SSSR count). The zero-order chi connectivity index (χ0) is 18.8. The monoisotopic (exact) mass is 356 g/mol. The van der Waals surface area contributed by atoms with Crippen molar-refractivity contribution in [1.29, 1.82) is 0 Å². The quantitative estimate of drug-likeness (QED) is 0.387. The molecule has 0 heterocycles. The van der Waals surface area contributed by atoms with Crippen LogP contribution < -0.4 is 4.74 Å². The van der Waals surface area contributed by atoms with Crippen molar-refractivity contribution in [3.63, 3.8) is 0 Å². The minimum Gasteiger partial charge on any atom is -0.497 e. The van der Waals surface area contributed by atoms with E-state index < -0.39 is 0 Å². The highest BCUT2D eigenvalue weighted by Crippen LogP contribution is 2.30. The topological polar surface area (TPSA) is 9.23 Å². The molecule has 0 saturated heterocycles. The summed E-state index contributed by atoms with van der Waals surface area (Å²) in [5.74, 6) is 0.539. The lowest BCUT2D eigenvalue weighted by molar-refractivity contribution is 0.415. The molecule has 0 amide bonds. The summed E-state index contributed by atoms with van der Waals surface area (Å²) in [5, 5.41) is 2.39. The van der Waals surface area contributed by atoms with E-state index >= 15 is 0 Å². The summed E-state index contributed by atoms with van der Waals surface area (Å²) in [6.07, 6.45) is 1.02. The highest BCUT2D eigenvalue weighted by atomic mass is 19.1. The van der Waals surface area contributed by atoms with Gasteiger partial charge in [0, 0.05) is 5.56 Å². The summed E-state index contributed by atoms with van der Waals surface area (Å²) in [7, 11) is 1.62. The van der Waals surface area contributed by atoms with Gasteiger partial charge in [-0.05, 0) is 63.7 Å². The minimum absolute atomic E-state index is 0.223. The number of ether oxygens (including phenoxy) is 1. The molecule has 0 aromatic heterocycles. The molecule has 1 nitrogen and oxygen atoms in total. The molecule has 0 aliphatic carbocycles. The van der Waals surface area contributed by atoms with Crippen LogP contribution in [0.25, 0.3) is 33.0 Å². The Balaban J connectivity index is 1.70. The van der Waals surface area contributed by atoms with Crippen LogP contribution in [0.5, 0.6) is 5.75 Å². The first-order valence-corrected chi connectivity index (χ1v) is 9.15. The number of halogens is 1. The Morgan fingerprint density at radius 3 is 2.04 bits per heavy atom. The maximum atomic E-state index is 14.8. The van der Waals surface area contributed by atoms with Crippen molar-refractivity contribution in [3.8, 4) is 28.0 Å². The largest absolute Gasteiger partial charge is 0.497 e. The van der Waals surface area contributed by atoms with Crippen LogP contribution in [0, 0.1) is 5.82 Å². The maximum Gasteiger partial charge on any atom is 0.131 e. The van der Waals surface area contributed by atoms with Crippen molar-refractivity contribution in [1.82, 2.24) is 0 Å². The molecule has 0 spiro atoms. The molecule has 27 heavy (non-hydrogen) atoms. The molecule has 4 aromatic rings. The SMILES string of the molecule is CCc1ccc2cc(-c3ccc(-c4ccc(OC)cc4)c(F)c3)ccc2c1. The van der Waals surface area contributed by atoms with Crippen LogP contribution in [0.15, 0.2) is 78.9 Å². The Labute approximate surface area is 159 Å². The van der Waals surface area contributed by atoms with Gasteiger partial charge in [0.2, 0.25) is 0 Å². The fourth-order valence-electron chi connectivity index (χ4n) is 3.39. The maximum absolute atomic E-state index is 14.8. The second kappa shape index (κ2) is 7.24. The molecule has 0 saturated carbocycles. The van der Waals surface area contributed by atoms with Gasteiger partial charge in [-0.2, -0.15) is 0 Å². The molecule has 0 fully saturated rings. The fourth-order valence-corrected chi connectivity index (χ4v) is 3.39. The van der Waals surface area contributed by atoms with E-state index in [1.807, 2.05) is 36.4 Å². The molecule has 0 unspecified atom stereocenters. The van der Waals surface area contributed by atoms with E-state index in [-0.39, 0.29) is 5.82 Å². The lowest BCUT2D eigenvalue weighted by Gasteiger charge is -2.09. The predicted octanol–water partition coefficient (Wildman–Crippen LogP) is 6.88. The normalized spacial score (nSPS) is 10.9. The number of rotatable bonds is 4. The Kier molecular flexibility index (Phi) is 4.64. The van der Waals surface area contributed by atoms with Crippen molar-refractivity contribution in [2.75, 3.05) is 7.11 Å². The number of hydrogen-bond acceptors (Lipinski definition) is 1. The van der Waals surface area contributed by atoms with E-state index in [1.165, 1.54) is 16.3 Å². The lowest BCUT2D eigenvalue weighted by Crippen LogP contribution is -1.88. The Bertz CT molecular complexity index is 1100.